The molecule has 2 fully saturated rings. The normalized spacial score (nSPS) is 19.3. The molecule has 0 saturated carbocycles. The molecule has 2 aromatic carbocycles. The van der Waals surface area contributed by atoms with Crippen molar-refractivity contribution in [1.29, 1.82) is 0 Å². The summed E-state index contributed by atoms with van der Waals surface area (Å²) < 4.78 is 88.9. The molecular formula is C18H16F6N4O2. The summed E-state index contributed by atoms with van der Waals surface area (Å²) in [6.07, 6.45) is -8.96. The molecule has 12 heteroatoms. The first-order valence-electron chi connectivity index (χ1n) is 8.76. The Balaban J connectivity index is 1.26. The van der Waals surface area contributed by atoms with E-state index in [1.807, 2.05) is 0 Å². The number of rotatable bonds is 7. The number of nitrogens with one attached hydrogen (secondary N) is 4. The zero-order valence-corrected chi connectivity index (χ0v) is 15.1. The Morgan fingerprint density at radius 2 is 0.867 bits per heavy atom. The van der Waals surface area contributed by atoms with Gasteiger partial charge in [-0.15, -0.1) is 0 Å². The second kappa shape index (κ2) is 7.01. The van der Waals surface area contributed by atoms with Crippen LogP contribution in [0.2, 0.25) is 0 Å². The molecule has 0 unspecified atom stereocenters. The maximum absolute atomic E-state index is 13.0. The first-order chi connectivity index (χ1) is 14.1. The summed E-state index contributed by atoms with van der Waals surface area (Å²) >= 11 is 0. The summed E-state index contributed by atoms with van der Waals surface area (Å²) in [7, 11) is 0. The van der Waals surface area contributed by atoms with Crippen LogP contribution in [-0.2, 0) is 11.3 Å². The molecule has 162 valence electrons. The van der Waals surface area contributed by atoms with Crippen LogP contribution in [0, 0.1) is 0 Å². The Labute approximate surface area is 166 Å². The molecule has 0 aliphatic carbocycles. The number of alkyl halides is 6. The van der Waals surface area contributed by atoms with Crippen LogP contribution in [0.3, 0.4) is 0 Å². The number of hydrazine groups is 2. The van der Waals surface area contributed by atoms with Crippen molar-refractivity contribution in [3.63, 3.8) is 0 Å². The maximum atomic E-state index is 13.0. The summed E-state index contributed by atoms with van der Waals surface area (Å²) in [5.74, 6) is 0.711. The van der Waals surface area contributed by atoms with E-state index in [1.165, 1.54) is 48.5 Å². The summed E-state index contributed by atoms with van der Waals surface area (Å²) in [5, 5.41) is 0. The molecule has 0 spiro atoms. The first-order valence-corrected chi connectivity index (χ1v) is 8.76. The van der Waals surface area contributed by atoms with Gasteiger partial charge in [0.2, 0.25) is 11.3 Å². The maximum Gasteiger partial charge on any atom is 0.426 e. The zero-order valence-electron chi connectivity index (χ0n) is 15.1. The predicted molar refractivity (Wildman–Crippen MR) is 91.9 cm³/mol. The van der Waals surface area contributed by atoms with Crippen LogP contribution in [0.15, 0.2) is 48.5 Å². The minimum atomic E-state index is -4.48. The number of hydrogen-bond donors (Lipinski definition) is 4. The number of ether oxygens (including phenoxy) is 2. The monoisotopic (exact) mass is 434 g/mol. The lowest BCUT2D eigenvalue weighted by Gasteiger charge is -2.17. The van der Waals surface area contributed by atoms with Crippen LogP contribution in [0.1, 0.15) is 11.1 Å². The first kappa shape index (κ1) is 20.7. The molecule has 0 aromatic heterocycles. The second-order valence-corrected chi connectivity index (χ2v) is 6.74. The highest BCUT2D eigenvalue weighted by Crippen LogP contribution is 2.43. The van der Waals surface area contributed by atoms with Crippen LogP contribution in [0.4, 0.5) is 26.3 Å². The Morgan fingerprint density at radius 1 is 0.567 bits per heavy atom. The molecule has 2 heterocycles. The highest BCUT2D eigenvalue weighted by Gasteiger charge is 2.66. The molecule has 2 aliphatic rings. The summed E-state index contributed by atoms with van der Waals surface area (Å²) in [5.41, 5.74) is 4.02. The molecule has 0 radical (unpaired) electrons. The van der Waals surface area contributed by atoms with Crippen molar-refractivity contribution in [1.82, 2.24) is 21.7 Å². The van der Waals surface area contributed by atoms with Gasteiger partial charge >= 0.3 is 12.4 Å². The van der Waals surface area contributed by atoms with Crippen molar-refractivity contribution >= 4 is 0 Å². The van der Waals surface area contributed by atoms with E-state index in [1.54, 1.807) is 0 Å². The Hall–Kier alpha value is -2.54. The molecule has 2 saturated heterocycles. The van der Waals surface area contributed by atoms with Crippen LogP contribution >= 0.6 is 0 Å². The van der Waals surface area contributed by atoms with E-state index in [2.05, 4.69) is 21.7 Å². The quantitative estimate of drug-likeness (QED) is 0.303. The molecule has 6 nitrogen and oxygen atoms in total. The standard InChI is InChI=1S/C18H16F6N4O2/c19-17(20,21)15(25-26-15)11-1-5-13(6-2-11)29-9-10-30-14-7-3-12(4-8-14)16(27-28-16)18(22,23)24/h1-8,25-28H,9-10H2. The van der Waals surface area contributed by atoms with Crippen molar-refractivity contribution < 1.29 is 35.8 Å². The number of benzene rings is 2. The van der Waals surface area contributed by atoms with E-state index in [0.29, 0.717) is 11.5 Å². The van der Waals surface area contributed by atoms with Crippen molar-refractivity contribution in [2.45, 2.75) is 23.7 Å². The molecule has 0 amide bonds. The summed E-state index contributed by atoms with van der Waals surface area (Å²) in [6, 6.07) is 10.8. The van der Waals surface area contributed by atoms with E-state index in [9.17, 15) is 26.3 Å². The lowest BCUT2D eigenvalue weighted by Crippen LogP contribution is -2.34. The van der Waals surface area contributed by atoms with Crippen molar-refractivity contribution in [2.75, 3.05) is 13.2 Å². The molecule has 2 aromatic rings. The summed E-state index contributed by atoms with van der Waals surface area (Å²) in [6.45, 7) is 0.190. The van der Waals surface area contributed by atoms with E-state index in [0.717, 1.165) is 0 Å². The van der Waals surface area contributed by atoms with Gasteiger partial charge in [0.05, 0.1) is 0 Å². The number of hydrogen-bond acceptors (Lipinski definition) is 6. The molecule has 0 bridgehead atoms. The van der Waals surface area contributed by atoms with Crippen molar-refractivity contribution in [3.8, 4) is 11.5 Å². The van der Waals surface area contributed by atoms with E-state index in [4.69, 9.17) is 9.47 Å². The van der Waals surface area contributed by atoms with Crippen molar-refractivity contribution in [3.05, 3.63) is 59.7 Å². The SMILES string of the molecule is FC(F)(F)C1(c2ccc(OCCOc3ccc(C4(C(F)(F)F)NN4)cc3)cc2)NN1. The molecule has 4 rings (SSSR count). The van der Waals surface area contributed by atoms with Gasteiger partial charge in [0.25, 0.3) is 0 Å². The van der Waals surface area contributed by atoms with Crippen LogP contribution in [-0.4, -0.2) is 25.6 Å². The average molecular weight is 434 g/mol. The Bertz CT molecular complexity index is 815. The summed E-state index contributed by atoms with van der Waals surface area (Å²) in [4.78, 5) is 0. The van der Waals surface area contributed by atoms with E-state index >= 15 is 0 Å². The van der Waals surface area contributed by atoms with Gasteiger partial charge in [-0.25, -0.2) is 21.7 Å². The topological polar surface area (TPSA) is 106 Å². The third kappa shape index (κ3) is 3.67. The van der Waals surface area contributed by atoms with Gasteiger partial charge in [-0.2, -0.15) is 26.3 Å². The minimum absolute atomic E-state index is 0.00922. The van der Waals surface area contributed by atoms with Gasteiger partial charge in [-0.1, -0.05) is 24.3 Å². The van der Waals surface area contributed by atoms with Gasteiger partial charge in [-0.05, 0) is 35.4 Å². The van der Waals surface area contributed by atoms with Crippen LogP contribution < -0.4 is 31.2 Å². The van der Waals surface area contributed by atoms with Gasteiger partial charge in [0, 0.05) is 0 Å². The minimum Gasteiger partial charge on any atom is -0.490 e. The van der Waals surface area contributed by atoms with Crippen LogP contribution in [0.25, 0.3) is 0 Å². The fourth-order valence-corrected chi connectivity index (χ4v) is 2.95. The lowest BCUT2D eigenvalue weighted by atomic mass is 10.0. The molecule has 0 atom stereocenters. The third-order valence-electron chi connectivity index (χ3n) is 4.80. The van der Waals surface area contributed by atoms with E-state index in [-0.39, 0.29) is 24.3 Å². The second-order valence-electron chi connectivity index (χ2n) is 6.74. The predicted octanol–water partition coefficient (Wildman–Crippen LogP) is 2.79. The molecular weight excluding hydrogens is 418 g/mol. The highest BCUT2D eigenvalue weighted by atomic mass is 19.4. The van der Waals surface area contributed by atoms with Gasteiger partial charge < -0.3 is 9.47 Å². The Kier molecular flexibility index (Phi) is 4.84. The lowest BCUT2D eigenvalue weighted by molar-refractivity contribution is -0.166. The number of halogens is 6. The third-order valence-corrected chi connectivity index (χ3v) is 4.80. The highest BCUT2D eigenvalue weighted by molar-refractivity contribution is 5.36. The average Bonchev–Trinajstić information content (AvgIpc) is 3.58. The smallest absolute Gasteiger partial charge is 0.426 e. The van der Waals surface area contributed by atoms with Gasteiger partial charge in [-0.3, -0.25) is 0 Å². The molecule has 2 aliphatic heterocycles. The largest absolute Gasteiger partial charge is 0.490 e. The van der Waals surface area contributed by atoms with Gasteiger partial charge in [0.1, 0.15) is 24.7 Å². The Morgan fingerprint density at radius 3 is 1.10 bits per heavy atom. The van der Waals surface area contributed by atoms with Gasteiger partial charge in [0.15, 0.2) is 0 Å². The van der Waals surface area contributed by atoms with Crippen LogP contribution in [0.5, 0.6) is 11.5 Å². The van der Waals surface area contributed by atoms with Crippen molar-refractivity contribution in [2.24, 2.45) is 0 Å². The zero-order chi connectivity index (χ0) is 21.6. The molecule has 30 heavy (non-hydrogen) atoms. The molecule has 4 N–H and O–H groups in total. The fraction of sp³-hybridized carbons (Fsp3) is 0.333. The van der Waals surface area contributed by atoms with E-state index < -0.39 is 23.7 Å². The fourth-order valence-electron chi connectivity index (χ4n) is 2.95.